The maximum atomic E-state index is 12.0. The van der Waals surface area contributed by atoms with Crippen LogP contribution in [0.2, 0.25) is 10.0 Å². The number of likely N-dealkylation sites (N-methyl/N-ethyl adjacent to an activating group) is 1. The minimum atomic E-state index is -0.0207. The molecule has 0 saturated carbocycles. The van der Waals surface area contributed by atoms with Crippen LogP contribution in [0.15, 0.2) is 47.6 Å². The summed E-state index contributed by atoms with van der Waals surface area (Å²) < 4.78 is 5.57. The molecule has 0 aliphatic carbocycles. The first kappa shape index (κ1) is 21.1. The quantitative estimate of drug-likeness (QED) is 0.490. The van der Waals surface area contributed by atoms with Crippen LogP contribution in [0.5, 0.6) is 5.75 Å². The largest absolute Gasteiger partial charge is 0.484 e. The lowest BCUT2D eigenvalue weighted by Gasteiger charge is -2.18. The first-order valence-corrected chi connectivity index (χ1v) is 9.46. The van der Waals surface area contributed by atoms with E-state index < -0.39 is 0 Å². The highest BCUT2D eigenvalue weighted by Gasteiger charge is 2.10. The highest BCUT2D eigenvalue weighted by Crippen LogP contribution is 2.25. The Balaban J connectivity index is 1.95. The molecule has 0 aliphatic rings. The van der Waals surface area contributed by atoms with Crippen molar-refractivity contribution in [3.05, 3.63) is 58.1 Å². The molecule has 5 nitrogen and oxygen atoms in total. The average molecular weight is 408 g/mol. The van der Waals surface area contributed by atoms with Gasteiger partial charge in [-0.05, 0) is 68.8 Å². The van der Waals surface area contributed by atoms with E-state index in [9.17, 15) is 4.79 Å². The van der Waals surface area contributed by atoms with Gasteiger partial charge in [0, 0.05) is 13.1 Å². The summed E-state index contributed by atoms with van der Waals surface area (Å²) in [6, 6.07) is 12.7. The van der Waals surface area contributed by atoms with Gasteiger partial charge in [0.2, 0.25) is 0 Å². The zero-order valence-corrected chi connectivity index (χ0v) is 17.1. The van der Waals surface area contributed by atoms with E-state index in [4.69, 9.17) is 27.9 Å². The second-order valence-electron chi connectivity index (χ2n) is 5.82. The van der Waals surface area contributed by atoms with Crippen molar-refractivity contribution in [3.63, 3.8) is 0 Å². The number of benzene rings is 2. The van der Waals surface area contributed by atoms with Gasteiger partial charge in [0.1, 0.15) is 5.75 Å². The normalized spacial score (nSPS) is 11.2. The Kier molecular flexibility index (Phi) is 7.95. The number of rotatable bonds is 8. The highest BCUT2D eigenvalue weighted by atomic mass is 35.5. The Morgan fingerprint density at radius 1 is 1.07 bits per heavy atom. The zero-order chi connectivity index (χ0) is 19.8. The van der Waals surface area contributed by atoms with Crippen LogP contribution in [-0.2, 0) is 4.79 Å². The summed E-state index contributed by atoms with van der Waals surface area (Å²) in [7, 11) is 0. The van der Waals surface area contributed by atoms with E-state index in [0.717, 1.165) is 17.0 Å². The Morgan fingerprint density at radius 3 is 2.33 bits per heavy atom. The number of nitrogens with one attached hydrogen (secondary N) is 1. The van der Waals surface area contributed by atoms with Crippen molar-refractivity contribution in [1.29, 1.82) is 0 Å². The SMILES string of the molecule is CCN(CC)C(=O)COc1ccc(/C(C)=N\Nc2ccc(Cl)c(Cl)c2)cc1. The molecule has 0 saturated heterocycles. The van der Waals surface area contributed by atoms with E-state index in [-0.39, 0.29) is 12.5 Å². The highest BCUT2D eigenvalue weighted by molar-refractivity contribution is 6.42. The van der Waals surface area contributed by atoms with Crippen LogP contribution in [0.1, 0.15) is 26.3 Å². The summed E-state index contributed by atoms with van der Waals surface area (Å²) in [5, 5.41) is 5.31. The van der Waals surface area contributed by atoms with Crippen LogP contribution >= 0.6 is 23.2 Å². The molecule has 0 radical (unpaired) electrons. The molecule has 0 bridgehead atoms. The monoisotopic (exact) mass is 407 g/mol. The third-order valence-electron chi connectivity index (χ3n) is 4.02. The summed E-state index contributed by atoms with van der Waals surface area (Å²) in [5.74, 6) is 0.622. The van der Waals surface area contributed by atoms with E-state index in [1.54, 1.807) is 23.1 Å². The third-order valence-corrected chi connectivity index (χ3v) is 4.76. The fourth-order valence-corrected chi connectivity index (χ4v) is 2.68. The van der Waals surface area contributed by atoms with E-state index in [0.29, 0.717) is 28.9 Å². The van der Waals surface area contributed by atoms with Gasteiger partial charge in [0.15, 0.2) is 6.61 Å². The molecule has 2 aromatic rings. The number of anilines is 1. The summed E-state index contributed by atoms with van der Waals surface area (Å²) in [6.45, 7) is 7.18. The first-order chi connectivity index (χ1) is 12.9. The second-order valence-corrected chi connectivity index (χ2v) is 6.63. The van der Waals surface area contributed by atoms with E-state index in [2.05, 4.69) is 10.5 Å². The topological polar surface area (TPSA) is 53.9 Å². The molecule has 2 aromatic carbocycles. The van der Waals surface area contributed by atoms with Crippen molar-refractivity contribution >= 4 is 40.5 Å². The van der Waals surface area contributed by atoms with Gasteiger partial charge >= 0.3 is 0 Å². The van der Waals surface area contributed by atoms with Gasteiger partial charge in [0.05, 0.1) is 21.4 Å². The average Bonchev–Trinajstić information content (AvgIpc) is 2.68. The minimum Gasteiger partial charge on any atom is -0.484 e. The molecule has 2 rings (SSSR count). The van der Waals surface area contributed by atoms with E-state index in [1.165, 1.54) is 0 Å². The number of nitrogens with zero attached hydrogens (tertiary/aromatic N) is 2. The van der Waals surface area contributed by atoms with Crippen LogP contribution in [0.25, 0.3) is 0 Å². The summed E-state index contributed by atoms with van der Waals surface area (Å²) in [6.07, 6.45) is 0. The standard InChI is InChI=1S/C20H23Cl2N3O2/c1-4-25(5-2)20(26)13-27-17-9-6-15(7-10-17)14(3)23-24-16-8-11-18(21)19(22)12-16/h6-12,24H,4-5,13H2,1-3H3/b23-14-. The molecule has 0 aliphatic heterocycles. The van der Waals surface area contributed by atoms with Crippen LogP contribution in [0.3, 0.4) is 0 Å². The molecular formula is C20H23Cl2N3O2. The maximum Gasteiger partial charge on any atom is 0.260 e. The molecule has 27 heavy (non-hydrogen) atoms. The summed E-state index contributed by atoms with van der Waals surface area (Å²) in [5.41, 5.74) is 5.44. The Morgan fingerprint density at radius 2 is 1.74 bits per heavy atom. The molecule has 0 unspecified atom stereocenters. The van der Waals surface area contributed by atoms with Crippen LogP contribution in [0.4, 0.5) is 5.69 Å². The minimum absolute atomic E-state index is 0.0207. The number of carbonyl (C=O) groups is 1. The Hall–Kier alpha value is -2.24. The Labute approximate surface area is 169 Å². The number of carbonyl (C=O) groups excluding carboxylic acids is 1. The third kappa shape index (κ3) is 6.15. The second kappa shape index (κ2) is 10.2. The number of hydrazone groups is 1. The lowest BCUT2D eigenvalue weighted by molar-refractivity contribution is -0.132. The van der Waals surface area contributed by atoms with Gasteiger partial charge in [0.25, 0.3) is 5.91 Å². The number of amides is 1. The molecule has 0 aromatic heterocycles. The van der Waals surface area contributed by atoms with E-state index >= 15 is 0 Å². The van der Waals surface area contributed by atoms with Gasteiger partial charge in [-0.15, -0.1) is 0 Å². The predicted octanol–water partition coefficient (Wildman–Crippen LogP) is 5.08. The number of halogens is 2. The maximum absolute atomic E-state index is 12.0. The fraction of sp³-hybridized carbons (Fsp3) is 0.300. The van der Waals surface area contributed by atoms with Crippen molar-refractivity contribution in [2.24, 2.45) is 5.10 Å². The van der Waals surface area contributed by atoms with Crippen molar-refractivity contribution in [1.82, 2.24) is 4.90 Å². The molecule has 7 heteroatoms. The lowest BCUT2D eigenvalue weighted by Crippen LogP contribution is -2.34. The molecule has 144 valence electrons. The molecule has 0 spiro atoms. The van der Waals surface area contributed by atoms with Crippen LogP contribution in [-0.4, -0.2) is 36.2 Å². The smallest absolute Gasteiger partial charge is 0.260 e. The van der Waals surface area contributed by atoms with Crippen LogP contribution < -0.4 is 10.2 Å². The van der Waals surface area contributed by atoms with E-state index in [1.807, 2.05) is 45.0 Å². The molecule has 0 fully saturated rings. The molecule has 0 heterocycles. The van der Waals surface area contributed by atoms with Gasteiger partial charge in [-0.3, -0.25) is 10.2 Å². The molecular weight excluding hydrogens is 385 g/mol. The van der Waals surface area contributed by atoms with Gasteiger partial charge in [-0.2, -0.15) is 5.10 Å². The van der Waals surface area contributed by atoms with Crippen molar-refractivity contribution < 1.29 is 9.53 Å². The fourth-order valence-electron chi connectivity index (χ4n) is 2.38. The van der Waals surface area contributed by atoms with Crippen molar-refractivity contribution in [2.45, 2.75) is 20.8 Å². The number of hydrogen-bond donors (Lipinski definition) is 1. The first-order valence-electron chi connectivity index (χ1n) is 8.71. The molecule has 1 amide bonds. The van der Waals surface area contributed by atoms with Crippen molar-refractivity contribution in [2.75, 3.05) is 25.1 Å². The van der Waals surface area contributed by atoms with Gasteiger partial charge in [-0.1, -0.05) is 23.2 Å². The Bertz CT molecular complexity index is 803. The van der Waals surface area contributed by atoms with Gasteiger partial charge < -0.3 is 9.64 Å². The van der Waals surface area contributed by atoms with Crippen LogP contribution in [0, 0.1) is 0 Å². The summed E-state index contributed by atoms with van der Waals surface area (Å²) in [4.78, 5) is 13.7. The summed E-state index contributed by atoms with van der Waals surface area (Å²) >= 11 is 11.9. The van der Waals surface area contributed by atoms with Crippen molar-refractivity contribution in [3.8, 4) is 5.75 Å². The molecule has 1 N–H and O–H groups in total. The lowest BCUT2D eigenvalue weighted by atomic mass is 10.1. The zero-order valence-electron chi connectivity index (χ0n) is 15.6. The molecule has 0 atom stereocenters. The number of ether oxygens (including phenoxy) is 1. The van der Waals surface area contributed by atoms with Gasteiger partial charge in [-0.25, -0.2) is 0 Å². The number of hydrogen-bond acceptors (Lipinski definition) is 4. The predicted molar refractivity (Wildman–Crippen MR) is 112 cm³/mol.